The number of unbranched alkanes of at least 4 members (excludes halogenated alkanes) is 1. The van der Waals surface area contributed by atoms with Crippen molar-refractivity contribution in [1.82, 2.24) is 0 Å². The van der Waals surface area contributed by atoms with Crippen molar-refractivity contribution < 1.29 is 42.0 Å². The molecule has 1 saturated heterocycles. The fraction of sp³-hybridized carbons (Fsp3) is 0.889. The maximum atomic E-state index is 14.7. The molecule has 1 aliphatic carbocycles. The minimum Gasteiger partial charge on any atom is -0.479 e. The van der Waals surface area contributed by atoms with E-state index in [1.807, 2.05) is 19.1 Å². The molecule has 5 nitrogen and oxygen atoms in total. The number of hydrogen-bond acceptors (Lipinski definition) is 4. The molecule has 0 spiro atoms. The Morgan fingerprint density at radius 3 is 2.47 bits per heavy atom. The van der Waals surface area contributed by atoms with E-state index in [-0.39, 0.29) is 30.6 Å². The van der Waals surface area contributed by atoms with Crippen LogP contribution in [0.3, 0.4) is 0 Å². The summed E-state index contributed by atoms with van der Waals surface area (Å²) in [5, 5.41) is 20.0. The molecule has 1 heterocycles. The molecule has 2 N–H and O–H groups in total. The highest BCUT2D eigenvalue weighted by molar-refractivity contribution is 5.72. The molecule has 0 aromatic carbocycles. The molecule has 36 heavy (non-hydrogen) atoms. The van der Waals surface area contributed by atoms with Gasteiger partial charge in [-0.2, -0.15) is 13.2 Å². The Hall–Kier alpha value is -1.19. The number of carboxylic acid groups (broad SMARTS) is 1. The third kappa shape index (κ3) is 9.28. The van der Waals surface area contributed by atoms with Crippen molar-refractivity contribution in [2.24, 2.45) is 17.8 Å². The largest absolute Gasteiger partial charge is 0.479 e. The monoisotopic (exact) mass is 524 g/mol. The molecule has 0 aromatic heterocycles. The number of alkyl halides is 4. The van der Waals surface area contributed by atoms with Crippen LogP contribution in [0.2, 0.25) is 0 Å². The molecule has 2 unspecified atom stereocenters. The Kier molecular flexibility index (Phi) is 12.6. The van der Waals surface area contributed by atoms with Crippen LogP contribution in [0.4, 0.5) is 17.6 Å². The molecule has 0 aromatic rings. The van der Waals surface area contributed by atoms with Crippen LogP contribution in [0.1, 0.15) is 97.3 Å². The zero-order valence-corrected chi connectivity index (χ0v) is 21.6. The zero-order chi connectivity index (χ0) is 26.8. The Labute approximate surface area is 212 Å². The number of hydrogen-bond donors (Lipinski definition) is 2. The SMILES string of the molecule is CCCC[C@@](F)(CCC[C@@H]1[C@@H](CC=CCCC(OC2CCCCO2)C(=O)O)[C@@H](O)C[C@H]1C)C(F)(F)F. The third-order valence-electron chi connectivity index (χ3n) is 7.83. The van der Waals surface area contributed by atoms with Crippen LogP contribution in [0.5, 0.6) is 0 Å². The first-order valence-corrected chi connectivity index (χ1v) is 13.6. The summed E-state index contributed by atoms with van der Waals surface area (Å²) in [4.78, 5) is 11.5. The van der Waals surface area contributed by atoms with Crippen LogP contribution in [0.15, 0.2) is 12.2 Å². The number of carboxylic acids is 1. The van der Waals surface area contributed by atoms with E-state index in [0.717, 1.165) is 12.8 Å². The fourth-order valence-electron chi connectivity index (χ4n) is 5.62. The summed E-state index contributed by atoms with van der Waals surface area (Å²) in [7, 11) is 0. The number of rotatable bonds is 15. The van der Waals surface area contributed by atoms with Gasteiger partial charge in [0.2, 0.25) is 5.67 Å². The summed E-state index contributed by atoms with van der Waals surface area (Å²) < 4.78 is 65.8. The molecule has 210 valence electrons. The molecular weight excluding hydrogens is 480 g/mol. The average molecular weight is 525 g/mol. The highest BCUT2D eigenvalue weighted by atomic mass is 19.4. The summed E-state index contributed by atoms with van der Waals surface area (Å²) >= 11 is 0. The Morgan fingerprint density at radius 2 is 1.86 bits per heavy atom. The van der Waals surface area contributed by atoms with Crippen molar-refractivity contribution in [3.63, 3.8) is 0 Å². The van der Waals surface area contributed by atoms with Gasteiger partial charge < -0.3 is 19.7 Å². The van der Waals surface area contributed by atoms with Crippen molar-refractivity contribution in [3.8, 4) is 0 Å². The van der Waals surface area contributed by atoms with Crippen LogP contribution in [0.25, 0.3) is 0 Å². The summed E-state index contributed by atoms with van der Waals surface area (Å²) in [5.74, 6) is -0.963. The molecule has 2 aliphatic rings. The Balaban J connectivity index is 1.84. The second kappa shape index (κ2) is 14.7. The van der Waals surface area contributed by atoms with E-state index in [9.17, 15) is 32.6 Å². The van der Waals surface area contributed by atoms with Gasteiger partial charge in [0.1, 0.15) is 0 Å². The van der Waals surface area contributed by atoms with Crippen LogP contribution in [-0.4, -0.2) is 53.1 Å². The van der Waals surface area contributed by atoms with E-state index in [2.05, 4.69) is 0 Å². The van der Waals surface area contributed by atoms with E-state index in [0.29, 0.717) is 51.6 Å². The van der Waals surface area contributed by atoms with Gasteiger partial charge in [-0.1, -0.05) is 38.8 Å². The normalized spacial score (nSPS) is 29.9. The van der Waals surface area contributed by atoms with Crippen molar-refractivity contribution in [3.05, 3.63) is 12.2 Å². The lowest BCUT2D eigenvalue weighted by molar-refractivity contribution is -0.236. The Bertz CT molecular complexity index is 680. The number of aliphatic hydroxyl groups is 1. The number of allylic oxidation sites excluding steroid dienone is 2. The Morgan fingerprint density at radius 1 is 1.14 bits per heavy atom. The summed E-state index contributed by atoms with van der Waals surface area (Å²) in [6, 6.07) is 0. The smallest absolute Gasteiger partial charge is 0.422 e. The van der Waals surface area contributed by atoms with Crippen molar-refractivity contribution in [2.75, 3.05) is 6.61 Å². The molecule has 1 aliphatic heterocycles. The van der Waals surface area contributed by atoms with Crippen molar-refractivity contribution >= 4 is 5.97 Å². The lowest BCUT2D eigenvalue weighted by Crippen LogP contribution is -2.41. The summed E-state index contributed by atoms with van der Waals surface area (Å²) in [6.45, 7) is 4.31. The van der Waals surface area contributed by atoms with Crippen LogP contribution >= 0.6 is 0 Å². The van der Waals surface area contributed by atoms with Gasteiger partial charge in [0.25, 0.3) is 0 Å². The lowest BCUT2D eigenvalue weighted by atomic mass is 9.81. The van der Waals surface area contributed by atoms with Crippen molar-refractivity contribution in [2.45, 2.75) is 128 Å². The molecule has 0 amide bonds. The van der Waals surface area contributed by atoms with Crippen LogP contribution in [-0.2, 0) is 14.3 Å². The average Bonchev–Trinajstić information content (AvgIpc) is 3.08. The first-order valence-electron chi connectivity index (χ1n) is 13.6. The predicted molar refractivity (Wildman–Crippen MR) is 129 cm³/mol. The van der Waals surface area contributed by atoms with Crippen LogP contribution in [0, 0.1) is 17.8 Å². The second-order valence-electron chi connectivity index (χ2n) is 10.6. The maximum Gasteiger partial charge on any atom is 0.422 e. The van der Waals surface area contributed by atoms with Gasteiger partial charge in [-0.25, -0.2) is 9.18 Å². The van der Waals surface area contributed by atoms with Crippen molar-refractivity contribution in [1.29, 1.82) is 0 Å². The van der Waals surface area contributed by atoms with E-state index in [1.165, 1.54) is 0 Å². The fourth-order valence-corrected chi connectivity index (χ4v) is 5.62. The summed E-state index contributed by atoms with van der Waals surface area (Å²) in [5.41, 5.74) is -3.15. The topological polar surface area (TPSA) is 76.0 Å². The molecule has 0 radical (unpaired) electrons. The molecule has 2 fully saturated rings. The van der Waals surface area contributed by atoms with Gasteiger partial charge in [-0.3, -0.25) is 0 Å². The van der Waals surface area contributed by atoms with E-state index >= 15 is 0 Å². The first kappa shape index (κ1) is 31.0. The zero-order valence-electron chi connectivity index (χ0n) is 21.6. The quantitative estimate of drug-likeness (QED) is 0.179. The summed E-state index contributed by atoms with van der Waals surface area (Å²) in [6.07, 6.45) is 1.65. The third-order valence-corrected chi connectivity index (χ3v) is 7.83. The highest BCUT2D eigenvalue weighted by Gasteiger charge is 2.54. The number of carbonyl (C=O) groups is 1. The number of aliphatic carboxylic acids is 1. The van der Waals surface area contributed by atoms with Gasteiger partial charge >= 0.3 is 12.1 Å². The molecule has 1 saturated carbocycles. The first-order chi connectivity index (χ1) is 17.0. The van der Waals surface area contributed by atoms with Gasteiger partial charge in [-0.15, -0.1) is 0 Å². The van der Waals surface area contributed by atoms with Gasteiger partial charge in [-0.05, 0) is 88.4 Å². The van der Waals surface area contributed by atoms with Gasteiger partial charge in [0.05, 0.1) is 6.10 Å². The molecule has 9 heteroatoms. The standard InChI is InChI=1S/C27H44F4O5/c1-3-4-15-26(28,27(29,30)31)16-10-12-20-19(2)18-22(32)21(20)11-6-5-7-13-23(25(33)34)36-24-14-8-9-17-35-24/h5-6,19-24,32H,3-4,7-18H2,1-2H3,(H,33,34)/t19-,20+,21-,22+,23?,24?,26-/m1/s1. The molecule has 0 bridgehead atoms. The minimum absolute atomic E-state index is 0.0202. The van der Waals surface area contributed by atoms with E-state index < -0.39 is 49.2 Å². The number of ether oxygens (including phenoxy) is 2. The van der Waals surface area contributed by atoms with Crippen LogP contribution < -0.4 is 0 Å². The number of aliphatic hydroxyl groups excluding tert-OH is 1. The maximum absolute atomic E-state index is 14.7. The second-order valence-corrected chi connectivity index (χ2v) is 10.6. The molecule has 2 rings (SSSR count). The molecular formula is C27H44F4O5. The number of halogens is 4. The van der Waals surface area contributed by atoms with Gasteiger partial charge in [0, 0.05) is 6.61 Å². The predicted octanol–water partition coefficient (Wildman–Crippen LogP) is 6.97. The minimum atomic E-state index is -4.87. The van der Waals surface area contributed by atoms with E-state index in [1.54, 1.807) is 6.92 Å². The van der Waals surface area contributed by atoms with Gasteiger partial charge in [0.15, 0.2) is 12.4 Å². The van der Waals surface area contributed by atoms with E-state index in [4.69, 9.17) is 9.47 Å². The lowest BCUT2D eigenvalue weighted by Gasteiger charge is -2.29. The molecule has 7 atom stereocenters. The highest BCUT2D eigenvalue weighted by Crippen LogP contribution is 2.45.